The van der Waals surface area contributed by atoms with Crippen LogP contribution >= 0.6 is 22.9 Å². The summed E-state index contributed by atoms with van der Waals surface area (Å²) in [6.07, 6.45) is 1.48. The molecule has 0 bridgehead atoms. The molecule has 0 saturated carbocycles. The molecule has 0 spiro atoms. The lowest BCUT2D eigenvalue weighted by Gasteiger charge is -2.10. The average Bonchev–Trinajstić information content (AvgIpc) is 3.49. The monoisotopic (exact) mass is 541 g/mol. The van der Waals surface area contributed by atoms with Crippen molar-refractivity contribution < 1.29 is 19.1 Å². The molecule has 38 heavy (non-hydrogen) atoms. The zero-order chi connectivity index (χ0) is 26.5. The molecule has 1 N–H and O–H groups in total. The lowest BCUT2D eigenvalue weighted by molar-refractivity contribution is 0.0734. The largest absolute Gasteiger partial charge is 0.493 e. The van der Waals surface area contributed by atoms with Crippen LogP contribution < -0.4 is 14.9 Å². The Morgan fingerprint density at radius 2 is 1.79 bits per heavy atom. The number of hydrogen-bond donors (Lipinski definition) is 1. The fourth-order valence-corrected chi connectivity index (χ4v) is 4.48. The number of ether oxygens (including phenoxy) is 2. The van der Waals surface area contributed by atoms with Crippen LogP contribution in [0.5, 0.6) is 11.5 Å². The first-order chi connectivity index (χ1) is 18.5. The molecule has 0 radical (unpaired) electrons. The minimum Gasteiger partial charge on any atom is -0.493 e. The smallest absolute Gasteiger partial charge is 0.353 e. The molecular formula is C29H20ClN3O4S. The van der Waals surface area contributed by atoms with Crippen molar-refractivity contribution in [1.29, 1.82) is 0 Å². The van der Waals surface area contributed by atoms with Crippen LogP contribution in [0.4, 0.5) is 0 Å². The molecular weight excluding hydrogens is 522 g/mol. The predicted molar refractivity (Wildman–Crippen MR) is 150 cm³/mol. The second-order valence-corrected chi connectivity index (χ2v) is 9.44. The van der Waals surface area contributed by atoms with Gasteiger partial charge < -0.3 is 9.47 Å². The van der Waals surface area contributed by atoms with E-state index in [0.717, 1.165) is 5.56 Å². The summed E-state index contributed by atoms with van der Waals surface area (Å²) in [5.41, 5.74) is 5.83. The Kier molecular flexibility index (Phi) is 7.44. The predicted octanol–water partition coefficient (Wildman–Crippen LogP) is 6.61. The fraction of sp³-hybridized carbons (Fsp3) is 0.0345. The van der Waals surface area contributed by atoms with E-state index in [0.29, 0.717) is 43.4 Å². The molecule has 0 unspecified atom stereocenters. The molecule has 5 rings (SSSR count). The second kappa shape index (κ2) is 11.2. The van der Waals surface area contributed by atoms with Crippen molar-refractivity contribution in [2.24, 2.45) is 5.10 Å². The van der Waals surface area contributed by atoms with Gasteiger partial charge in [-0.2, -0.15) is 5.10 Å². The van der Waals surface area contributed by atoms with Crippen molar-refractivity contribution in [3.8, 4) is 22.8 Å². The topological polar surface area (TPSA) is 89.9 Å². The van der Waals surface area contributed by atoms with Crippen LogP contribution in [-0.4, -0.2) is 30.2 Å². The van der Waals surface area contributed by atoms with Gasteiger partial charge >= 0.3 is 5.97 Å². The Morgan fingerprint density at radius 3 is 2.55 bits per heavy atom. The number of methoxy groups -OCH3 is 1. The molecule has 0 atom stereocenters. The number of nitrogens with one attached hydrogen (secondary N) is 1. The zero-order valence-corrected chi connectivity index (χ0v) is 21.6. The summed E-state index contributed by atoms with van der Waals surface area (Å²) < 4.78 is 10.8. The number of benzene rings is 3. The molecule has 3 aromatic carbocycles. The number of para-hydroxylation sites is 1. The van der Waals surface area contributed by atoms with Gasteiger partial charge in [-0.3, -0.25) is 4.79 Å². The number of pyridine rings is 1. The van der Waals surface area contributed by atoms with E-state index >= 15 is 0 Å². The van der Waals surface area contributed by atoms with Gasteiger partial charge in [0.15, 0.2) is 11.5 Å². The highest BCUT2D eigenvalue weighted by Crippen LogP contribution is 2.29. The third-order valence-electron chi connectivity index (χ3n) is 5.59. The average molecular weight is 542 g/mol. The fourth-order valence-electron chi connectivity index (χ4n) is 3.75. The molecule has 7 nitrogen and oxygen atoms in total. The summed E-state index contributed by atoms with van der Waals surface area (Å²) in [6, 6.07) is 24.9. The van der Waals surface area contributed by atoms with Gasteiger partial charge in [0.1, 0.15) is 4.88 Å². The molecule has 9 heteroatoms. The Labute approximate surface area is 227 Å². The number of esters is 1. The Bertz CT molecular complexity index is 1650. The highest BCUT2D eigenvalue weighted by atomic mass is 35.5. The van der Waals surface area contributed by atoms with Crippen LogP contribution in [0.2, 0.25) is 5.02 Å². The van der Waals surface area contributed by atoms with E-state index < -0.39 is 5.97 Å². The number of thiophene rings is 1. The summed E-state index contributed by atoms with van der Waals surface area (Å²) >= 11 is 7.32. The first kappa shape index (κ1) is 25.1. The maximum absolute atomic E-state index is 13.1. The van der Waals surface area contributed by atoms with E-state index in [9.17, 15) is 9.59 Å². The lowest BCUT2D eigenvalue weighted by atomic mass is 10.0. The highest BCUT2D eigenvalue weighted by Gasteiger charge is 2.15. The molecule has 1 amide bonds. The molecule has 0 saturated heterocycles. The normalized spacial score (nSPS) is 11.0. The molecule has 0 aliphatic rings. The highest BCUT2D eigenvalue weighted by molar-refractivity contribution is 7.12. The summed E-state index contributed by atoms with van der Waals surface area (Å²) in [6.45, 7) is 0. The van der Waals surface area contributed by atoms with Gasteiger partial charge in [0, 0.05) is 16.0 Å². The minimum atomic E-state index is -0.463. The van der Waals surface area contributed by atoms with Crippen molar-refractivity contribution in [2.45, 2.75) is 0 Å². The molecule has 2 aromatic heterocycles. The van der Waals surface area contributed by atoms with Crippen molar-refractivity contribution in [3.05, 3.63) is 111 Å². The Balaban J connectivity index is 1.35. The number of amides is 1. The lowest BCUT2D eigenvalue weighted by Crippen LogP contribution is -2.18. The van der Waals surface area contributed by atoms with Crippen molar-refractivity contribution in [3.63, 3.8) is 0 Å². The molecule has 0 fully saturated rings. The van der Waals surface area contributed by atoms with E-state index in [2.05, 4.69) is 10.5 Å². The van der Waals surface area contributed by atoms with E-state index in [4.69, 9.17) is 26.1 Å². The van der Waals surface area contributed by atoms with Gasteiger partial charge in [-0.25, -0.2) is 15.2 Å². The van der Waals surface area contributed by atoms with Gasteiger partial charge in [-0.15, -0.1) is 11.3 Å². The van der Waals surface area contributed by atoms with Crippen LogP contribution in [0.15, 0.2) is 95.4 Å². The van der Waals surface area contributed by atoms with Crippen LogP contribution in [0.3, 0.4) is 0 Å². The summed E-state index contributed by atoms with van der Waals surface area (Å²) in [5, 5.41) is 7.24. The van der Waals surface area contributed by atoms with Gasteiger partial charge in [-0.05, 0) is 59.5 Å². The van der Waals surface area contributed by atoms with E-state index in [1.54, 1.807) is 53.9 Å². The van der Waals surface area contributed by atoms with Crippen LogP contribution in [0.25, 0.3) is 22.2 Å². The summed E-state index contributed by atoms with van der Waals surface area (Å²) in [7, 11) is 1.48. The molecule has 0 aliphatic carbocycles. The van der Waals surface area contributed by atoms with Crippen molar-refractivity contribution in [1.82, 2.24) is 10.4 Å². The number of carbonyl (C=O) groups excluding carboxylic acids is 2. The maximum Gasteiger partial charge on any atom is 0.353 e. The van der Waals surface area contributed by atoms with Gasteiger partial charge in [0.25, 0.3) is 5.91 Å². The SMILES string of the molecule is COc1cc(/C=N/NC(=O)c2cc(-c3ccc(Cl)cc3)nc3ccccc23)ccc1OC(=O)c1cccs1. The van der Waals surface area contributed by atoms with Crippen LogP contribution in [0, 0.1) is 0 Å². The van der Waals surface area contributed by atoms with Crippen LogP contribution in [0.1, 0.15) is 25.6 Å². The van der Waals surface area contributed by atoms with Gasteiger partial charge in [0.05, 0.1) is 30.1 Å². The van der Waals surface area contributed by atoms with E-state index in [1.165, 1.54) is 24.7 Å². The minimum absolute atomic E-state index is 0.282. The number of hydrogen-bond acceptors (Lipinski definition) is 7. The van der Waals surface area contributed by atoms with Gasteiger partial charge in [-0.1, -0.05) is 48.0 Å². The standard InChI is InChI=1S/C29H20ClN3O4S/c1-36-26-15-18(8-13-25(26)37-29(35)27-7-4-14-38-27)17-31-33-28(34)22-16-24(19-9-11-20(30)12-10-19)32-23-6-3-2-5-21(22)23/h2-17H,1H3,(H,33,34)/b31-17+. The molecule has 2 heterocycles. The summed E-state index contributed by atoms with van der Waals surface area (Å²) in [5.74, 6) is -0.207. The van der Waals surface area contributed by atoms with Gasteiger partial charge in [0.2, 0.25) is 0 Å². The quantitative estimate of drug-likeness (QED) is 0.108. The number of aromatic nitrogens is 1. The Hall–Kier alpha value is -4.53. The second-order valence-electron chi connectivity index (χ2n) is 8.06. The molecule has 188 valence electrons. The van der Waals surface area contributed by atoms with Crippen molar-refractivity contribution in [2.75, 3.05) is 7.11 Å². The third kappa shape index (κ3) is 5.56. The number of hydrazone groups is 1. The van der Waals surface area contributed by atoms with Crippen LogP contribution in [-0.2, 0) is 0 Å². The number of carbonyl (C=O) groups is 2. The molecule has 5 aromatic rings. The summed E-state index contributed by atoms with van der Waals surface area (Å²) in [4.78, 5) is 30.6. The number of fused-ring (bicyclic) bond motifs is 1. The van der Waals surface area contributed by atoms with E-state index in [1.807, 2.05) is 36.4 Å². The Morgan fingerprint density at radius 1 is 0.974 bits per heavy atom. The first-order valence-electron chi connectivity index (χ1n) is 11.4. The maximum atomic E-state index is 13.1. The number of nitrogens with zero attached hydrogens (tertiary/aromatic N) is 2. The zero-order valence-electron chi connectivity index (χ0n) is 20.1. The van der Waals surface area contributed by atoms with Crippen molar-refractivity contribution >= 4 is 51.9 Å². The van der Waals surface area contributed by atoms with E-state index in [-0.39, 0.29) is 11.7 Å². The number of rotatable bonds is 7. The first-order valence-corrected chi connectivity index (χ1v) is 12.7. The third-order valence-corrected chi connectivity index (χ3v) is 6.70. The molecule has 0 aliphatic heterocycles. The number of halogens is 1.